The number of piperidine rings is 1. The second kappa shape index (κ2) is 5.63. The Morgan fingerprint density at radius 1 is 1.35 bits per heavy atom. The van der Waals surface area contributed by atoms with E-state index in [1.165, 1.54) is 6.42 Å². The molecule has 0 aliphatic carbocycles. The Morgan fingerprint density at radius 2 is 2.12 bits per heavy atom. The fraction of sp³-hybridized carbons (Fsp3) is 0.571. The summed E-state index contributed by atoms with van der Waals surface area (Å²) in [5.41, 5.74) is 0.0115. The van der Waals surface area contributed by atoms with Gasteiger partial charge in [0.15, 0.2) is 0 Å². The first-order chi connectivity index (χ1) is 8.27. The summed E-state index contributed by atoms with van der Waals surface area (Å²) in [7, 11) is 1.64. The van der Waals surface area contributed by atoms with Crippen LogP contribution in [0.15, 0.2) is 30.3 Å². The summed E-state index contributed by atoms with van der Waals surface area (Å²) >= 11 is 0. The average Bonchev–Trinajstić information content (AvgIpc) is 2.41. The van der Waals surface area contributed by atoms with Crippen LogP contribution >= 0.6 is 0 Å². The molecule has 0 aromatic heterocycles. The van der Waals surface area contributed by atoms with E-state index in [0.29, 0.717) is 6.61 Å². The van der Waals surface area contributed by atoms with E-state index >= 15 is 0 Å². The molecule has 1 saturated heterocycles. The molecular weight excluding hydrogens is 214 g/mol. The molecule has 0 amide bonds. The number of methoxy groups -OCH3 is 1. The number of nitrogens with one attached hydrogen (secondary N) is 1. The summed E-state index contributed by atoms with van der Waals surface area (Å²) in [6, 6.07) is 9.89. The smallest absolute Gasteiger partial charge is 0.128 e. The predicted molar refractivity (Wildman–Crippen MR) is 67.9 cm³/mol. The second-order valence-electron chi connectivity index (χ2n) is 4.73. The van der Waals surface area contributed by atoms with Gasteiger partial charge in [0, 0.05) is 13.2 Å². The monoisotopic (exact) mass is 235 g/mol. The zero-order chi connectivity index (χ0) is 12.1. The van der Waals surface area contributed by atoms with Crippen LogP contribution < -0.4 is 5.32 Å². The number of ether oxygens (including phenoxy) is 1. The lowest BCUT2D eigenvalue weighted by Gasteiger charge is -2.39. The minimum absolute atomic E-state index is 0.0820. The number of hydrogen-bond donors (Lipinski definition) is 2. The SMILES string of the molecule is COCC(O)(c1ccccc1)C1CCCCN1. The zero-order valence-electron chi connectivity index (χ0n) is 10.4. The number of aliphatic hydroxyl groups is 1. The number of hydrogen-bond acceptors (Lipinski definition) is 3. The van der Waals surface area contributed by atoms with E-state index < -0.39 is 5.60 Å². The summed E-state index contributed by atoms with van der Waals surface area (Å²) in [4.78, 5) is 0. The molecule has 2 unspecified atom stereocenters. The van der Waals surface area contributed by atoms with Crippen molar-refractivity contribution < 1.29 is 9.84 Å². The van der Waals surface area contributed by atoms with E-state index in [9.17, 15) is 5.11 Å². The van der Waals surface area contributed by atoms with Gasteiger partial charge in [0.25, 0.3) is 0 Å². The van der Waals surface area contributed by atoms with E-state index in [2.05, 4.69) is 5.32 Å². The van der Waals surface area contributed by atoms with Crippen LogP contribution in [0.2, 0.25) is 0 Å². The van der Waals surface area contributed by atoms with Crippen molar-refractivity contribution in [2.75, 3.05) is 20.3 Å². The van der Waals surface area contributed by atoms with Gasteiger partial charge < -0.3 is 15.2 Å². The number of benzene rings is 1. The zero-order valence-corrected chi connectivity index (χ0v) is 10.4. The van der Waals surface area contributed by atoms with Gasteiger partial charge in [-0.05, 0) is 24.9 Å². The van der Waals surface area contributed by atoms with Crippen molar-refractivity contribution in [3.05, 3.63) is 35.9 Å². The highest BCUT2D eigenvalue weighted by atomic mass is 16.5. The normalized spacial score (nSPS) is 24.2. The van der Waals surface area contributed by atoms with Gasteiger partial charge in [-0.2, -0.15) is 0 Å². The molecule has 3 heteroatoms. The van der Waals surface area contributed by atoms with Gasteiger partial charge in [0.1, 0.15) is 5.60 Å². The van der Waals surface area contributed by atoms with Crippen LogP contribution in [0.1, 0.15) is 24.8 Å². The lowest BCUT2D eigenvalue weighted by atomic mass is 9.82. The quantitative estimate of drug-likeness (QED) is 0.834. The summed E-state index contributed by atoms with van der Waals surface area (Å²) < 4.78 is 5.22. The van der Waals surface area contributed by atoms with Gasteiger partial charge >= 0.3 is 0 Å². The second-order valence-corrected chi connectivity index (χ2v) is 4.73. The van der Waals surface area contributed by atoms with Crippen molar-refractivity contribution in [3.8, 4) is 0 Å². The van der Waals surface area contributed by atoms with Crippen LogP contribution in [0, 0.1) is 0 Å². The lowest BCUT2D eigenvalue weighted by molar-refractivity contribution is -0.0692. The van der Waals surface area contributed by atoms with Crippen molar-refractivity contribution in [2.24, 2.45) is 0 Å². The lowest BCUT2D eigenvalue weighted by Crippen LogP contribution is -2.53. The Hall–Kier alpha value is -0.900. The van der Waals surface area contributed by atoms with Gasteiger partial charge in [-0.3, -0.25) is 0 Å². The molecule has 17 heavy (non-hydrogen) atoms. The third-order valence-electron chi connectivity index (χ3n) is 3.52. The summed E-state index contributed by atoms with van der Waals surface area (Å²) in [5, 5.41) is 14.3. The fourth-order valence-electron chi connectivity index (χ4n) is 2.59. The summed E-state index contributed by atoms with van der Waals surface area (Å²) in [5.74, 6) is 0. The fourth-order valence-corrected chi connectivity index (χ4v) is 2.59. The van der Waals surface area contributed by atoms with E-state index in [1.54, 1.807) is 7.11 Å². The molecule has 2 atom stereocenters. The van der Waals surface area contributed by atoms with E-state index in [0.717, 1.165) is 24.9 Å². The third-order valence-corrected chi connectivity index (χ3v) is 3.52. The van der Waals surface area contributed by atoms with E-state index in [1.807, 2.05) is 30.3 Å². The van der Waals surface area contributed by atoms with Crippen LogP contribution in [-0.4, -0.2) is 31.4 Å². The highest BCUT2D eigenvalue weighted by Gasteiger charge is 2.38. The topological polar surface area (TPSA) is 41.5 Å². The van der Waals surface area contributed by atoms with Crippen LogP contribution in [-0.2, 0) is 10.3 Å². The molecule has 1 heterocycles. The van der Waals surface area contributed by atoms with Gasteiger partial charge in [0.2, 0.25) is 0 Å². The maximum atomic E-state index is 10.9. The molecule has 94 valence electrons. The molecule has 2 N–H and O–H groups in total. The van der Waals surface area contributed by atoms with Crippen LogP contribution in [0.3, 0.4) is 0 Å². The first-order valence-corrected chi connectivity index (χ1v) is 6.27. The van der Waals surface area contributed by atoms with Gasteiger partial charge in [-0.15, -0.1) is 0 Å². The maximum absolute atomic E-state index is 10.9. The molecular formula is C14H21NO2. The summed E-state index contributed by atoms with van der Waals surface area (Å²) in [6.45, 7) is 1.30. The van der Waals surface area contributed by atoms with Gasteiger partial charge in [-0.25, -0.2) is 0 Å². The average molecular weight is 235 g/mol. The highest BCUT2D eigenvalue weighted by molar-refractivity contribution is 5.25. The minimum Gasteiger partial charge on any atom is -0.381 e. The molecule has 1 aliphatic rings. The minimum atomic E-state index is -0.920. The van der Waals surface area contributed by atoms with Crippen LogP contribution in [0.5, 0.6) is 0 Å². The van der Waals surface area contributed by atoms with E-state index in [4.69, 9.17) is 4.74 Å². The molecule has 3 nitrogen and oxygen atoms in total. The Labute approximate surface area is 103 Å². The Balaban J connectivity index is 2.24. The first-order valence-electron chi connectivity index (χ1n) is 6.27. The molecule has 1 fully saturated rings. The van der Waals surface area contributed by atoms with E-state index in [-0.39, 0.29) is 6.04 Å². The number of rotatable bonds is 4. The molecule has 1 aromatic carbocycles. The van der Waals surface area contributed by atoms with Gasteiger partial charge in [-0.1, -0.05) is 36.8 Å². The maximum Gasteiger partial charge on any atom is 0.128 e. The molecule has 0 spiro atoms. The molecule has 0 radical (unpaired) electrons. The largest absolute Gasteiger partial charge is 0.381 e. The van der Waals surface area contributed by atoms with Crippen LogP contribution in [0.25, 0.3) is 0 Å². The molecule has 1 aliphatic heterocycles. The van der Waals surface area contributed by atoms with Crippen LogP contribution in [0.4, 0.5) is 0 Å². The first kappa shape index (κ1) is 12.6. The van der Waals surface area contributed by atoms with Gasteiger partial charge in [0.05, 0.1) is 6.61 Å². The molecule has 2 rings (SSSR count). The molecule has 1 aromatic rings. The Kier molecular flexibility index (Phi) is 4.15. The van der Waals surface area contributed by atoms with Crippen molar-refractivity contribution >= 4 is 0 Å². The van der Waals surface area contributed by atoms with Crippen molar-refractivity contribution in [1.29, 1.82) is 0 Å². The van der Waals surface area contributed by atoms with Crippen molar-refractivity contribution in [3.63, 3.8) is 0 Å². The standard InChI is InChI=1S/C14H21NO2/c1-17-11-14(16,12-7-3-2-4-8-12)13-9-5-6-10-15-13/h2-4,7-8,13,15-16H,5-6,9-11H2,1H3. The van der Waals surface area contributed by atoms with Crippen molar-refractivity contribution in [1.82, 2.24) is 5.32 Å². The summed E-state index contributed by atoms with van der Waals surface area (Å²) in [6.07, 6.45) is 3.35. The highest BCUT2D eigenvalue weighted by Crippen LogP contribution is 2.29. The van der Waals surface area contributed by atoms with Crippen molar-refractivity contribution in [2.45, 2.75) is 30.9 Å². The predicted octanol–water partition coefficient (Wildman–Crippen LogP) is 1.66. The Bertz CT molecular complexity index is 335. The molecule has 0 saturated carbocycles. The Morgan fingerprint density at radius 3 is 2.71 bits per heavy atom. The molecule has 0 bridgehead atoms. The third kappa shape index (κ3) is 2.68.